The summed E-state index contributed by atoms with van der Waals surface area (Å²) in [4.78, 5) is 31.2. The van der Waals surface area contributed by atoms with Gasteiger partial charge in [-0.25, -0.2) is 14.2 Å². The minimum absolute atomic E-state index is 0.0534. The number of Topliss-reactive ketones (excluding diaryl/α,β-unsaturated/α-hetero) is 1. The number of hydrogen-bond donors (Lipinski definition) is 1. The minimum Gasteiger partial charge on any atom is -0.496 e. The zero-order chi connectivity index (χ0) is 26.3. The van der Waals surface area contributed by atoms with Gasteiger partial charge in [-0.3, -0.25) is 9.89 Å². The topological polar surface area (TPSA) is 107 Å². The Morgan fingerprint density at radius 3 is 2.86 bits per heavy atom. The van der Waals surface area contributed by atoms with Crippen LogP contribution in [0.1, 0.15) is 48.8 Å². The molecule has 0 spiro atoms. The summed E-state index contributed by atoms with van der Waals surface area (Å²) in [5, 5.41) is 7.85. The first-order valence-corrected chi connectivity index (χ1v) is 12.2. The number of hydrogen-bond acceptors (Lipinski definition) is 7. The molecule has 5 rings (SSSR count). The highest BCUT2D eigenvalue weighted by Crippen LogP contribution is 2.42. The van der Waals surface area contributed by atoms with Crippen LogP contribution in [0.3, 0.4) is 0 Å². The number of halogens is 1. The lowest BCUT2D eigenvalue weighted by atomic mass is 9.87. The van der Waals surface area contributed by atoms with Crippen molar-refractivity contribution in [3.63, 3.8) is 0 Å². The SMILES string of the molecule is COc1ccc2c(c1CC1CCN(C(=O)OC(C)(C)C)CC1F)O/C(=C\c1n[nH]c3ncccc13)C2=O. The molecule has 3 aromatic rings. The predicted molar refractivity (Wildman–Crippen MR) is 134 cm³/mol. The smallest absolute Gasteiger partial charge is 0.410 e. The van der Waals surface area contributed by atoms with Crippen LogP contribution in [0.15, 0.2) is 36.2 Å². The third-order valence-corrected chi connectivity index (χ3v) is 6.55. The van der Waals surface area contributed by atoms with Crippen molar-refractivity contribution in [1.82, 2.24) is 20.1 Å². The average Bonchev–Trinajstić information content (AvgIpc) is 3.40. The number of allylic oxidation sites excluding steroid dienone is 1. The number of ether oxygens (including phenoxy) is 3. The van der Waals surface area contributed by atoms with Gasteiger partial charge in [-0.2, -0.15) is 5.10 Å². The second kappa shape index (κ2) is 9.49. The fourth-order valence-electron chi connectivity index (χ4n) is 4.72. The highest BCUT2D eigenvalue weighted by molar-refractivity contribution is 6.15. The van der Waals surface area contributed by atoms with Gasteiger partial charge >= 0.3 is 6.09 Å². The molecule has 9 nitrogen and oxygen atoms in total. The molecule has 2 aliphatic heterocycles. The molecule has 10 heteroatoms. The summed E-state index contributed by atoms with van der Waals surface area (Å²) in [6.07, 6.45) is 2.19. The number of carbonyl (C=O) groups is 2. The van der Waals surface area contributed by atoms with E-state index in [0.717, 1.165) is 5.39 Å². The number of amides is 1. The van der Waals surface area contributed by atoms with Crippen molar-refractivity contribution in [2.45, 2.75) is 45.4 Å². The van der Waals surface area contributed by atoms with E-state index in [1.165, 1.54) is 12.0 Å². The largest absolute Gasteiger partial charge is 0.496 e. The van der Waals surface area contributed by atoms with Crippen molar-refractivity contribution in [3.05, 3.63) is 53.0 Å². The van der Waals surface area contributed by atoms with E-state index < -0.39 is 17.9 Å². The Balaban J connectivity index is 1.38. The summed E-state index contributed by atoms with van der Waals surface area (Å²) in [6.45, 7) is 5.66. The molecular formula is C27H29FN4O5. The second-order valence-electron chi connectivity index (χ2n) is 10.3. The van der Waals surface area contributed by atoms with E-state index >= 15 is 4.39 Å². The van der Waals surface area contributed by atoms with Crippen LogP contribution in [0, 0.1) is 5.92 Å². The summed E-state index contributed by atoms with van der Waals surface area (Å²) in [5.74, 6) is 0.347. The lowest BCUT2D eigenvalue weighted by molar-refractivity contribution is 0.00542. The van der Waals surface area contributed by atoms with Gasteiger partial charge in [0.05, 0.1) is 24.9 Å². The average molecular weight is 509 g/mol. The van der Waals surface area contributed by atoms with Gasteiger partial charge in [-0.15, -0.1) is 0 Å². The summed E-state index contributed by atoms with van der Waals surface area (Å²) < 4.78 is 32.3. The molecule has 2 atom stereocenters. The molecule has 1 aromatic carbocycles. The summed E-state index contributed by atoms with van der Waals surface area (Å²) >= 11 is 0. The van der Waals surface area contributed by atoms with Crippen LogP contribution in [0.2, 0.25) is 0 Å². The van der Waals surface area contributed by atoms with E-state index in [0.29, 0.717) is 53.4 Å². The Bertz CT molecular complexity index is 1390. The van der Waals surface area contributed by atoms with Crippen molar-refractivity contribution >= 4 is 29.0 Å². The van der Waals surface area contributed by atoms with Crippen molar-refractivity contribution in [3.8, 4) is 11.5 Å². The zero-order valence-corrected chi connectivity index (χ0v) is 21.2. The molecule has 1 fully saturated rings. The highest BCUT2D eigenvalue weighted by atomic mass is 19.1. The Morgan fingerprint density at radius 1 is 1.32 bits per heavy atom. The van der Waals surface area contributed by atoms with Gasteiger partial charge in [0.2, 0.25) is 5.78 Å². The van der Waals surface area contributed by atoms with Crippen molar-refractivity contribution < 1.29 is 28.2 Å². The lowest BCUT2D eigenvalue weighted by Gasteiger charge is -2.36. The first-order chi connectivity index (χ1) is 17.6. The van der Waals surface area contributed by atoms with E-state index in [9.17, 15) is 9.59 Å². The van der Waals surface area contributed by atoms with Crippen LogP contribution in [-0.4, -0.2) is 63.9 Å². The number of rotatable bonds is 4. The number of nitrogens with one attached hydrogen (secondary N) is 1. The van der Waals surface area contributed by atoms with Crippen molar-refractivity contribution in [1.29, 1.82) is 0 Å². The number of nitrogens with zero attached hydrogens (tertiary/aromatic N) is 3. The Kier molecular flexibility index (Phi) is 6.35. The highest BCUT2D eigenvalue weighted by Gasteiger charge is 2.37. The number of alkyl halides is 1. The van der Waals surface area contributed by atoms with Crippen LogP contribution in [0.25, 0.3) is 17.1 Å². The van der Waals surface area contributed by atoms with Crippen LogP contribution in [0.4, 0.5) is 9.18 Å². The third-order valence-electron chi connectivity index (χ3n) is 6.55. The summed E-state index contributed by atoms with van der Waals surface area (Å²) in [7, 11) is 1.53. The lowest BCUT2D eigenvalue weighted by Crippen LogP contribution is -2.47. The molecule has 0 saturated carbocycles. The number of methoxy groups -OCH3 is 1. The van der Waals surface area contributed by atoms with Crippen molar-refractivity contribution in [2.24, 2.45) is 5.92 Å². The Hall–Kier alpha value is -3.95. The molecule has 1 N–H and O–H groups in total. The summed E-state index contributed by atoms with van der Waals surface area (Å²) in [6, 6.07) is 7.00. The number of aromatic nitrogens is 3. The molecule has 37 heavy (non-hydrogen) atoms. The van der Waals surface area contributed by atoms with Crippen molar-refractivity contribution in [2.75, 3.05) is 20.2 Å². The first-order valence-electron chi connectivity index (χ1n) is 12.2. The van der Waals surface area contributed by atoms with Gasteiger partial charge in [-0.1, -0.05) is 0 Å². The standard InChI is InChI=1S/C27H29FN4O5/c1-27(2,3)37-26(34)32-11-9-15(19(28)14-32)12-18-21(35-4)8-7-17-23(33)22(36-24(17)18)13-20-16-6-5-10-29-25(16)31-30-20/h5-8,10,13,15,19H,9,11-12,14H2,1-4H3,(H,29,30,31)/b22-13-. The minimum atomic E-state index is -1.27. The number of fused-ring (bicyclic) bond motifs is 2. The van der Waals surface area contributed by atoms with E-state index in [1.807, 2.05) is 6.07 Å². The van der Waals surface area contributed by atoms with Gasteiger partial charge in [0.15, 0.2) is 11.4 Å². The zero-order valence-electron chi connectivity index (χ0n) is 21.2. The van der Waals surface area contributed by atoms with Gasteiger partial charge in [0.1, 0.15) is 23.3 Å². The maximum atomic E-state index is 15.3. The van der Waals surface area contributed by atoms with Gasteiger partial charge < -0.3 is 19.1 Å². The van der Waals surface area contributed by atoms with E-state index in [1.54, 1.807) is 51.2 Å². The van der Waals surface area contributed by atoms with Crippen LogP contribution >= 0.6 is 0 Å². The number of carbonyl (C=O) groups excluding carboxylic acids is 2. The number of H-pyrrole nitrogens is 1. The number of benzene rings is 1. The molecule has 2 unspecified atom stereocenters. The molecule has 2 aliphatic rings. The fourth-order valence-corrected chi connectivity index (χ4v) is 4.72. The molecule has 0 aliphatic carbocycles. The molecule has 1 saturated heterocycles. The monoisotopic (exact) mass is 508 g/mol. The normalized spacial score (nSPS) is 20.7. The molecule has 0 radical (unpaired) electrons. The molecule has 0 bridgehead atoms. The van der Waals surface area contributed by atoms with Crippen LogP contribution in [-0.2, 0) is 11.2 Å². The van der Waals surface area contributed by atoms with Gasteiger partial charge in [-0.05, 0) is 63.8 Å². The molecule has 1 amide bonds. The molecule has 194 valence electrons. The predicted octanol–water partition coefficient (Wildman–Crippen LogP) is 4.72. The number of pyridine rings is 1. The van der Waals surface area contributed by atoms with Crippen LogP contribution in [0.5, 0.6) is 11.5 Å². The first kappa shape index (κ1) is 24.7. The maximum Gasteiger partial charge on any atom is 0.410 e. The second-order valence-corrected chi connectivity index (χ2v) is 10.3. The maximum absolute atomic E-state index is 15.3. The number of piperidine rings is 1. The molecular weight excluding hydrogens is 479 g/mol. The Morgan fingerprint density at radius 2 is 2.14 bits per heavy atom. The summed E-state index contributed by atoms with van der Waals surface area (Å²) in [5.41, 5.74) is 1.51. The fraction of sp³-hybridized carbons (Fsp3) is 0.407. The molecule has 2 aromatic heterocycles. The third kappa shape index (κ3) is 4.87. The van der Waals surface area contributed by atoms with Crippen LogP contribution < -0.4 is 9.47 Å². The number of aromatic amines is 1. The van der Waals surface area contributed by atoms with Gasteiger partial charge in [0, 0.05) is 29.8 Å². The number of ketones is 1. The van der Waals surface area contributed by atoms with E-state index in [2.05, 4.69) is 15.2 Å². The number of likely N-dealkylation sites (tertiary alicyclic amines) is 1. The van der Waals surface area contributed by atoms with E-state index in [-0.39, 0.29) is 24.0 Å². The quantitative estimate of drug-likeness (QED) is 0.508. The Labute approximate surface area is 213 Å². The molecule has 4 heterocycles. The van der Waals surface area contributed by atoms with E-state index in [4.69, 9.17) is 14.2 Å². The van der Waals surface area contributed by atoms with Gasteiger partial charge in [0.25, 0.3) is 0 Å².